The summed E-state index contributed by atoms with van der Waals surface area (Å²) in [6.45, 7) is 2.04. The number of benzene rings is 2. The first-order valence-corrected chi connectivity index (χ1v) is 9.56. The van der Waals surface area contributed by atoms with Crippen LogP contribution in [0.15, 0.2) is 60.0 Å². The van der Waals surface area contributed by atoms with Crippen LogP contribution in [0.3, 0.4) is 0 Å². The maximum absolute atomic E-state index is 12.2. The summed E-state index contributed by atoms with van der Waals surface area (Å²) in [6, 6.07) is 17.6. The third kappa shape index (κ3) is 3.91. The summed E-state index contributed by atoms with van der Waals surface area (Å²) in [5.41, 5.74) is 9.93. The number of anilines is 2. The van der Waals surface area contributed by atoms with Gasteiger partial charge in [-0.05, 0) is 12.5 Å². The molecule has 0 aliphatic carbocycles. The summed E-state index contributed by atoms with van der Waals surface area (Å²) in [5, 5.41) is 9.49. The molecule has 28 heavy (non-hydrogen) atoms. The van der Waals surface area contributed by atoms with E-state index in [4.69, 9.17) is 5.73 Å². The molecule has 0 unspecified atom stereocenters. The zero-order valence-electron chi connectivity index (χ0n) is 15.2. The standard InChI is InChI=1S/C20H18N6OS/c1-13-7-9-15(10-8-13)16-12-28-20(22-16)26-18(21)24-19(25-26)23-17(27)11-14-5-3-2-4-6-14/h2-10,12H,11H2,1H3,(H3,21,23,24,25,27). The Morgan fingerprint density at radius 1 is 1.11 bits per heavy atom. The third-order valence-corrected chi connectivity index (χ3v) is 4.93. The van der Waals surface area contributed by atoms with E-state index in [1.807, 2.05) is 66.9 Å². The van der Waals surface area contributed by atoms with E-state index in [9.17, 15) is 4.79 Å². The summed E-state index contributed by atoms with van der Waals surface area (Å²) in [7, 11) is 0. The minimum Gasteiger partial charge on any atom is -0.368 e. The van der Waals surface area contributed by atoms with Gasteiger partial charge in [0.1, 0.15) is 0 Å². The third-order valence-electron chi connectivity index (χ3n) is 4.11. The number of thiazole rings is 1. The van der Waals surface area contributed by atoms with E-state index >= 15 is 0 Å². The maximum Gasteiger partial charge on any atom is 0.251 e. The summed E-state index contributed by atoms with van der Waals surface area (Å²) in [5.74, 6) is 0.119. The lowest BCUT2D eigenvalue weighted by Crippen LogP contribution is -2.15. The van der Waals surface area contributed by atoms with E-state index in [0.29, 0.717) is 5.13 Å². The van der Waals surface area contributed by atoms with Crippen LogP contribution in [0.4, 0.5) is 11.9 Å². The molecule has 0 atom stereocenters. The van der Waals surface area contributed by atoms with Gasteiger partial charge >= 0.3 is 0 Å². The monoisotopic (exact) mass is 390 g/mol. The number of nitrogens with one attached hydrogen (secondary N) is 1. The fourth-order valence-corrected chi connectivity index (χ4v) is 3.48. The highest BCUT2D eigenvalue weighted by Gasteiger charge is 2.15. The van der Waals surface area contributed by atoms with Gasteiger partial charge in [0.05, 0.1) is 12.1 Å². The largest absolute Gasteiger partial charge is 0.368 e. The predicted octanol–water partition coefficient (Wildman–Crippen LogP) is 3.46. The number of nitrogen functional groups attached to an aromatic ring is 1. The normalized spacial score (nSPS) is 10.8. The van der Waals surface area contributed by atoms with E-state index in [-0.39, 0.29) is 24.2 Å². The maximum atomic E-state index is 12.2. The van der Waals surface area contributed by atoms with Crippen molar-refractivity contribution in [3.63, 3.8) is 0 Å². The van der Waals surface area contributed by atoms with E-state index in [0.717, 1.165) is 16.8 Å². The Bertz CT molecular complexity index is 1100. The fourth-order valence-electron chi connectivity index (χ4n) is 2.69. The average molecular weight is 390 g/mol. The molecule has 0 aliphatic heterocycles. The first kappa shape index (κ1) is 17.9. The van der Waals surface area contributed by atoms with Crippen molar-refractivity contribution < 1.29 is 4.79 Å². The molecule has 140 valence electrons. The van der Waals surface area contributed by atoms with Gasteiger partial charge in [-0.25, -0.2) is 4.98 Å². The number of rotatable bonds is 5. The Hall–Kier alpha value is -3.52. The van der Waals surface area contributed by atoms with Crippen LogP contribution in [-0.4, -0.2) is 25.7 Å². The molecule has 2 aromatic carbocycles. The molecule has 2 heterocycles. The summed E-state index contributed by atoms with van der Waals surface area (Å²) < 4.78 is 1.43. The van der Waals surface area contributed by atoms with Gasteiger partial charge < -0.3 is 5.73 Å². The minimum atomic E-state index is -0.206. The van der Waals surface area contributed by atoms with Gasteiger partial charge in [-0.1, -0.05) is 60.2 Å². The number of carbonyl (C=O) groups excluding carboxylic acids is 1. The summed E-state index contributed by atoms with van der Waals surface area (Å²) in [4.78, 5) is 20.9. The molecule has 0 bridgehead atoms. The van der Waals surface area contributed by atoms with Gasteiger partial charge in [0.25, 0.3) is 5.95 Å². The Kier molecular flexibility index (Phi) is 4.86. The molecule has 4 aromatic rings. The number of amides is 1. The second kappa shape index (κ2) is 7.61. The molecule has 0 saturated heterocycles. The predicted molar refractivity (Wildman–Crippen MR) is 110 cm³/mol. The number of aromatic nitrogens is 4. The molecule has 0 spiro atoms. The second-order valence-corrected chi connectivity index (χ2v) is 7.13. The van der Waals surface area contributed by atoms with Crippen LogP contribution in [0, 0.1) is 6.92 Å². The highest BCUT2D eigenvalue weighted by molar-refractivity contribution is 7.12. The zero-order chi connectivity index (χ0) is 19.5. The average Bonchev–Trinajstić information content (AvgIpc) is 3.30. The van der Waals surface area contributed by atoms with E-state index in [1.54, 1.807) is 0 Å². The lowest BCUT2D eigenvalue weighted by atomic mass is 10.1. The Morgan fingerprint density at radius 3 is 2.61 bits per heavy atom. The molecule has 1 amide bonds. The SMILES string of the molecule is Cc1ccc(-c2csc(-n3nc(NC(=O)Cc4ccccc4)nc3N)n2)cc1. The zero-order valence-corrected chi connectivity index (χ0v) is 16.0. The van der Waals surface area contributed by atoms with Crippen molar-refractivity contribution in [1.29, 1.82) is 0 Å². The Morgan fingerprint density at radius 2 is 1.86 bits per heavy atom. The topological polar surface area (TPSA) is 98.7 Å². The van der Waals surface area contributed by atoms with Crippen LogP contribution in [-0.2, 0) is 11.2 Å². The van der Waals surface area contributed by atoms with E-state index in [1.165, 1.54) is 21.6 Å². The number of carbonyl (C=O) groups is 1. The van der Waals surface area contributed by atoms with Crippen LogP contribution in [0.5, 0.6) is 0 Å². The van der Waals surface area contributed by atoms with Crippen LogP contribution in [0.2, 0.25) is 0 Å². The minimum absolute atomic E-state index is 0.158. The first-order chi connectivity index (χ1) is 13.6. The summed E-state index contributed by atoms with van der Waals surface area (Å²) in [6.07, 6.45) is 0.240. The lowest BCUT2D eigenvalue weighted by molar-refractivity contribution is -0.115. The van der Waals surface area contributed by atoms with Crippen LogP contribution >= 0.6 is 11.3 Å². The molecule has 2 aromatic heterocycles. The van der Waals surface area contributed by atoms with E-state index < -0.39 is 0 Å². The lowest BCUT2D eigenvalue weighted by Gasteiger charge is -2.00. The highest BCUT2D eigenvalue weighted by atomic mass is 32.1. The van der Waals surface area contributed by atoms with E-state index in [2.05, 4.69) is 20.4 Å². The van der Waals surface area contributed by atoms with Gasteiger partial charge in [0.2, 0.25) is 17.0 Å². The molecular weight excluding hydrogens is 372 g/mol. The quantitative estimate of drug-likeness (QED) is 0.544. The van der Waals surface area contributed by atoms with Crippen LogP contribution in [0.25, 0.3) is 16.4 Å². The van der Waals surface area contributed by atoms with Gasteiger partial charge in [0, 0.05) is 10.9 Å². The fraction of sp³-hybridized carbons (Fsp3) is 0.100. The Labute approximate surface area is 165 Å². The van der Waals surface area contributed by atoms with Gasteiger partial charge in [-0.2, -0.15) is 9.67 Å². The number of hydrogen-bond donors (Lipinski definition) is 2. The van der Waals surface area contributed by atoms with Crippen molar-refractivity contribution in [1.82, 2.24) is 19.7 Å². The number of nitrogens with zero attached hydrogens (tertiary/aromatic N) is 4. The highest BCUT2D eigenvalue weighted by Crippen LogP contribution is 2.25. The smallest absolute Gasteiger partial charge is 0.251 e. The van der Waals surface area contributed by atoms with Crippen molar-refractivity contribution in [3.8, 4) is 16.4 Å². The number of hydrogen-bond acceptors (Lipinski definition) is 6. The first-order valence-electron chi connectivity index (χ1n) is 8.68. The Balaban J connectivity index is 1.50. The molecule has 0 fully saturated rings. The van der Waals surface area contributed by atoms with Crippen molar-refractivity contribution in [2.24, 2.45) is 0 Å². The second-order valence-electron chi connectivity index (χ2n) is 6.30. The molecule has 0 saturated carbocycles. The number of nitrogens with two attached hydrogens (primary N) is 1. The molecule has 3 N–H and O–H groups in total. The van der Waals surface area contributed by atoms with Crippen molar-refractivity contribution >= 4 is 29.1 Å². The van der Waals surface area contributed by atoms with Gasteiger partial charge in [-0.15, -0.1) is 16.4 Å². The van der Waals surface area contributed by atoms with Crippen LogP contribution < -0.4 is 11.1 Å². The molecule has 0 aliphatic rings. The van der Waals surface area contributed by atoms with Crippen molar-refractivity contribution in [2.45, 2.75) is 13.3 Å². The molecule has 8 heteroatoms. The van der Waals surface area contributed by atoms with Gasteiger partial charge in [-0.3, -0.25) is 10.1 Å². The van der Waals surface area contributed by atoms with Gasteiger partial charge in [0.15, 0.2) is 0 Å². The molecule has 0 radical (unpaired) electrons. The molecular formula is C20H18N6OS. The van der Waals surface area contributed by atoms with Crippen LogP contribution in [0.1, 0.15) is 11.1 Å². The molecule has 7 nitrogen and oxygen atoms in total. The van der Waals surface area contributed by atoms with Crippen molar-refractivity contribution in [3.05, 3.63) is 71.1 Å². The number of aryl methyl sites for hydroxylation is 1. The molecule has 4 rings (SSSR count). The summed E-state index contributed by atoms with van der Waals surface area (Å²) >= 11 is 1.41. The van der Waals surface area contributed by atoms with Crippen molar-refractivity contribution in [2.75, 3.05) is 11.1 Å².